The van der Waals surface area contributed by atoms with Gasteiger partial charge in [0.05, 0.1) is 17.7 Å². The van der Waals surface area contributed by atoms with Crippen LogP contribution in [0.15, 0.2) is 47.2 Å². The van der Waals surface area contributed by atoms with Gasteiger partial charge >= 0.3 is 5.97 Å². The third kappa shape index (κ3) is 5.17. The van der Waals surface area contributed by atoms with Gasteiger partial charge in [-0.2, -0.15) is 0 Å². The summed E-state index contributed by atoms with van der Waals surface area (Å²) in [5, 5.41) is 2.75. The number of nitrogens with one attached hydrogen (secondary N) is 1. The summed E-state index contributed by atoms with van der Waals surface area (Å²) in [7, 11) is 0. The van der Waals surface area contributed by atoms with Crippen molar-refractivity contribution in [3.05, 3.63) is 58.3 Å². The van der Waals surface area contributed by atoms with E-state index in [1.807, 2.05) is 13.8 Å². The van der Waals surface area contributed by atoms with Crippen molar-refractivity contribution in [2.45, 2.75) is 13.8 Å². The van der Waals surface area contributed by atoms with Gasteiger partial charge in [0.25, 0.3) is 5.91 Å². The molecule has 0 saturated carbocycles. The molecule has 5 nitrogen and oxygen atoms in total. The second-order valence-corrected chi connectivity index (χ2v) is 6.33. The summed E-state index contributed by atoms with van der Waals surface area (Å²) in [6.07, 6.45) is 3.09. The largest absolute Gasteiger partial charge is 0.462 e. The molecule has 1 N–H and O–H groups in total. The van der Waals surface area contributed by atoms with Crippen molar-refractivity contribution in [3.8, 4) is 0 Å². The minimum atomic E-state index is -0.368. The number of esters is 1. The third-order valence-electron chi connectivity index (χ3n) is 2.89. The van der Waals surface area contributed by atoms with Crippen molar-refractivity contribution in [3.63, 3.8) is 0 Å². The van der Waals surface area contributed by atoms with Crippen LogP contribution >= 0.6 is 15.9 Å². The molecule has 0 aliphatic rings. The van der Waals surface area contributed by atoms with Gasteiger partial charge in [-0.3, -0.25) is 9.78 Å². The first-order valence-corrected chi connectivity index (χ1v) is 7.94. The van der Waals surface area contributed by atoms with E-state index in [2.05, 4.69) is 26.2 Å². The summed E-state index contributed by atoms with van der Waals surface area (Å²) in [5.74, 6) is -0.349. The maximum Gasteiger partial charge on any atom is 0.338 e. The Morgan fingerprint density at radius 2 is 1.87 bits per heavy atom. The summed E-state index contributed by atoms with van der Waals surface area (Å²) in [6, 6.07) is 8.25. The van der Waals surface area contributed by atoms with Crippen molar-refractivity contribution < 1.29 is 14.3 Å². The van der Waals surface area contributed by atoms with Crippen LogP contribution in [0.4, 0.5) is 5.69 Å². The minimum absolute atomic E-state index is 0.270. The van der Waals surface area contributed by atoms with E-state index in [1.54, 1.807) is 36.5 Å². The van der Waals surface area contributed by atoms with E-state index < -0.39 is 0 Å². The van der Waals surface area contributed by atoms with Crippen molar-refractivity contribution in [1.82, 2.24) is 4.98 Å². The molecule has 120 valence electrons. The lowest BCUT2D eigenvalue weighted by Gasteiger charge is -2.08. The first-order valence-electron chi connectivity index (χ1n) is 7.15. The van der Waals surface area contributed by atoms with Crippen molar-refractivity contribution in [2.75, 3.05) is 11.9 Å². The zero-order chi connectivity index (χ0) is 16.8. The molecule has 1 amide bonds. The molecule has 0 aliphatic heterocycles. The molecule has 0 saturated heterocycles. The van der Waals surface area contributed by atoms with Crippen LogP contribution in [-0.4, -0.2) is 23.5 Å². The van der Waals surface area contributed by atoms with Gasteiger partial charge in [0, 0.05) is 22.6 Å². The van der Waals surface area contributed by atoms with Gasteiger partial charge in [-0.05, 0) is 52.2 Å². The molecular weight excluding hydrogens is 360 g/mol. The smallest absolute Gasteiger partial charge is 0.338 e. The first-order chi connectivity index (χ1) is 11.0. The molecule has 2 rings (SSSR count). The van der Waals surface area contributed by atoms with Crippen LogP contribution in [0.25, 0.3) is 0 Å². The van der Waals surface area contributed by atoms with Gasteiger partial charge < -0.3 is 10.1 Å². The number of rotatable bonds is 5. The van der Waals surface area contributed by atoms with Gasteiger partial charge in [0.1, 0.15) is 0 Å². The molecule has 0 aliphatic carbocycles. The molecular formula is C17H17BrN2O3. The van der Waals surface area contributed by atoms with E-state index in [4.69, 9.17) is 4.74 Å². The van der Waals surface area contributed by atoms with Gasteiger partial charge in [0.15, 0.2) is 0 Å². The van der Waals surface area contributed by atoms with Crippen LogP contribution in [0.5, 0.6) is 0 Å². The monoisotopic (exact) mass is 376 g/mol. The van der Waals surface area contributed by atoms with Crippen LogP contribution in [0.1, 0.15) is 34.6 Å². The Labute approximate surface area is 143 Å². The Balaban J connectivity index is 1.99. The molecule has 1 aromatic heterocycles. The summed E-state index contributed by atoms with van der Waals surface area (Å²) in [4.78, 5) is 27.9. The molecule has 0 spiro atoms. The first kappa shape index (κ1) is 17.1. The fraction of sp³-hybridized carbons (Fsp3) is 0.235. The molecule has 23 heavy (non-hydrogen) atoms. The second kappa shape index (κ2) is 7.87. The number of carbonyl (C=O) groups excluding carboxylic acids is 2. The fourth-order valence-corrected chi connectivity index (χ4v) is 2.12. The van der Waals surface area contributed by atoms with Gasteiger partial charge in [-0.1, -0.05) is 13.8 Å². The van der Waals surface area contributed by atoms with Gasteiger partial charge in [-0.25, -0.2) is 4.79 Å². The Bertz CT molecular complexity index is 699. The molecule has 0 fully saturated rings. The number of aromatic nitrogens is 1. The van der Waals surface area contributed by atoms with Crippen LogP contribution in [0.2, 0.25) is 0 Å². The van der Waals surface area contributed by atoms with Crippen molar-refractivity contribution in [2.24, 2.45) is 5.92 Å². The van der Waals surface area contributed by atoms with Crippen LogP contribution in [0, 0.1) is 5.92 Å². The molecule has 2 aromatic rings. The highest BCUT2D eigenvalue weighted by Crippen LogP contribution is 2.14. The normalized spacial score (nSPS) is 10.4. The number of hydrogen-bond donors (Lipinski definition) is 1. The highest BCUT2D eigenvalue weighted by Gasteiger charge is 2.10. The van der Waals surface area contributed by atoms with E-state index in [1.165, 1.54) is 6.20 Å². The predicted octanol–water partition coefficient (Wildman–Crippen LogP) is 3.91. The standard InChI is InChI=1S/C17H17BrN2O3/c1-11(2)10-23-17(22)12-3-5-15(6-4-12)20-16(21)13-7-14(18)9-19-8-13/h3-9,11H,10H2,1-2H3,(H,20,21). The number of pyridine rings is 1. The zero-order valence-corrected chi connectivity index (χ0v) is 14.5. The number of nitrogens with zero attached hydrogens (tertiary/aromatic N) is 1. The van der Waals surface area contributed by atoms with Gasteiger partial charge in [-0.15, -0.1) is 0 Å². The van der Waals surface area contributed by atoms with Gasteiger partial charge in [0.2, 0.25) is 0 Å². The topological polar surface area (TPSA) is 68.3 Å². The lowest BCUT2D eigenvalue weighted by atomic mass is 10.2. The summed E-state index contributed by atoms with van der Waals surface area (Å²) < 4.78 is 5.88. The van der Waals surface area contributed by atoms with E-state index in [-0.39, 0.29) is 17.8 Å². The van der Waals surface area contributed by atoms with Crippen LogP contribution in [0.3, 0.4) is 0 Å². The molecule has 1 aromatic carbocycles. The quantitative estimate of drug-likeness (QED) is 0.803. The molecule has 0 atom stereocenters. The maximum absolute atomic E-state index is 12.1. The maximum atomic E-state index is 12.1. The lowest BCUT2D eigenvalue weighted by Crippen LogP contribution is -2.13. The molecule has 0 radical (unpaired) electrons. The molecule has 0 unspecified atom stereocenters. The number of ether oxygens (including phenoxy) is 1. The Morgan fingerprint density at radius 1 is 1.17 bits per heavy atom. The third-order valence-corrected chi connectivity index (χ3v) is 3.33. The number of halogens is 1. The number of benzene rings is 1. The van der Waals surface area contributed by atoms with Crippen molar-refractivity contribution >= 4 is 33.5 Å². The average molecular weight is 377 g/mol. The molecule has 6 heteroatoms. The van der Waals surface area contributed by atoms with Crippen LogP contribution < -0.4 is 5.32 Å². The number of amides is 1. The zero-order valence-electron chi connectivity index (χ0n) is 12.9. The predicted molar refractivity (Wildman–Crippen MR) is 91.5 cm³/mol. The minimum Gasteiger partial charge on any atom is -0.462 e. The summed E-state index contributed by atoms with van der Waals surface area (Å²) >= 11 is 3.27. The number of carbonyl (C=O) groups is 2. The van der Waals surface area contributed by atoms with E-state index in [9.17, 15) is 9.59 Å². The fourth-order valence-electron chi connectivity index (χ4n) is 1.75. The summed E-state index contributed by atoms with van der Waals surface area (Å²) in [5.41, 5.74) is 1.49. The van der Waals surface area contributed by atoms with E-state index in [0.29, 0.717) is 23.4 Å². The molecule has 1 heterocycles. The van der Waals surface area contributed by atoms with Crippen molar-refractivity contribution in [1.29, 1.82) is 0 Å². The highest BCUT2D eigenvalue weighted by molar-refractivity contribution is 9.10. The number of hydrogen-bond acceptors (Lipinski definition) is 4. The second-order valence-electron chi connectivity index (χ2n) is 5.42. The Kier molecular flexibility index (Phi) is 5.87. The highest BCUT2D eigenvalue weighted by atomic mass is 79.9. The summed E-state index contributed by atoms with van der Waals surface area (Å²) in [6.45, 7) is 4.33. The molecule has 0 bridgehead atoms. The van der Waals surface area contributed by atoms with E-state index in [0.717, 1.165) is 4.47 Å². The average Bonchev–Trinajstić information content (AvgIpc) is 2.53. The Hall–Kier alpha value is -2.21. The number of anilines is 1. The SMILES string of the molecule is CC(C)COC(=O)c1ccc(NC(=O)c2cncc(Br)c2)cc1. The van der Waals surface area contributed by atoms with E-state index >= 15 is 0 Å². The Morgan fingerprint density at radius 3 is 2.48 bits per heavy atom. The lowest BCUT2D eigenvalue weighted by molar-refractivity contribution is 0.0459. The van der Waals surface area contributed by atoms with Crippen LogP contribution in [-0.2, 0) is 4.74 Å².